The normalized spacial score (nSPS) is 13.6. The van der Waals surface area contributed by atoms with Crippen LogP contribution in [-0.4, -0.2) is 30.2 Å². The smallest absolute Gasteiger partial charge is 0.314 e. The summed E-state index contributed by atoms with van der Waals surface area (Å²) >= 11 is 0. The fraction of sp³-hybridized carbons (Fsp3) is 0.778. The van der Waals surface area contributed by atoms with Crippen LogP contribution in [0.4, 0.5) is 4.79 Å². The van der Waals surface area contributed by atoms with E-state index in [0.717, 1.165) is 32.4 Å². The van der Waals surface area contributed by atoms with Gasteiger partial charge in [0, 0.05) is 19.5 Å². The second-order valence-corrected chi connectivity index (χ2v) is 3.03. The molecular weight excluding hydrogens is 184 g/mol. The average Bonchev–Trinajstić information content (AvgIpc) is 2.57. The number of carboxylic acid groups (broad SMARTS) is 1. The zero-order valence-corrected chi connectivity index (χ0v) is 8.51. The first-order valence-corrected chi connectivity index (χ1v) is 4.90. The molecule has 0 unspecified atom stereocenters. The van der Waals surface area contributed by atoms with Gasteiger partial charge in [0.25, 0.3) is 0 Å². The van der Waals surface area contributed by atoms with E-state index < -0.39 is 5.97 Å². The van der Waals surface area contributed by atoms with Gasteiger partial charge in [-0.15, -0.1) is 0 Å². The number of carboxylic acids is 1. The molecule has 82 valence electrons. The van der Waals surface area contributed by atoms with Crippen molar-refractivity contribution in [2.45, 2.75) is 32.6 Å². The first kappa shape index (κ1) is 12.7. The Morgan fingerprint density at radius 2 is 1.93 bits per heavy atom. The van der Waals surface area contributed by atoms with Gasteiger partial charge in [0.2, 0.25) is 0 Å². The summed E-state index contributed by atoms with van der Waals surface area (Å²) in [5.74, 6) is -0.682. The Bertz CT molecular complexity index is 175. The minimum Gasteiger partial charge on any atom is -0.481 e. The van der Waals surface area contributed by atoms with Crippen LogP contribution < -0.4 is 10.6 Å². The molecular formula is C9H18N2O3. The molecule has 0 radical (unpaired) electrons. The van der Waals surface area contributed by atoms with Crippen molar-refractivity contribution in [1.82, 2.24) is 10.6 Å². The maximum absolute atomic E-state index is 10.0. The fourth-order valence-corrected chi connectivity index (χ4v) is 0.941. The number of rotatable bonds is 4. The molecule has 14 heavy (non-hydrogen) atoms. The topological polar surface area (TPSA) is 78.4 Å². The summed E-state index contributed by atoms with van der Waals surface area (Å²) in [6, 6.07) is -0.0463. The number of hydrogen-bond acceptors (Lipinski definition) is 2. The second-order valence-electron chi connectivity index (χ2n) is 3.03. The fourth-order valence-electron chi connectivity index (χ4n) is 0.941. The number of carbonyl (C=O) groups excluding carboxylic acids is 1. The van der Waals surface area contributed by atoms with Gasteiger partial charge in [0.05, 0.1) is 0 Å². The van der Waals surface area contributed by atoms with Gasteiger partial charge < -0.3 is 15.7 Å². The Morgan fingerprint density at radius 1 is 1.36 bits per heavy atom. The van der Waals surface area contributed by atoms with E-state index in [1.165, 1.54) is 0 Å². The first-order chi connectivity index (χ1) is 6.66. The molecule has 0 aromatic carbocycles. The summed E-state index contributed by atoms with van der Waals surface area (Å²) in [5.41, 5.74) is 0. The molecule has 2 amide bonds. The van der Waals surface area contributed by atoms with Crippen molar-refractivity contribution in [3.63, 3.8) is 0 Å². The van der Waals surface area contributed by atoms with Crippen LogP contribution in [0.1, 0.15) is 32.6 Å². The first-order valence-electron chi connectivity index (χ1n) is 4.90. The molecule has 5 heteroatoms. The van der Waals surface area contributed by atoms with Crippen molar-refractivity contribution in [3.8, 4) is 0 Å². The Kier molecular flexibility index (Phi) is 7.59. The molecule has 0 bridgehead atoms. The predicted molar refractivity (Wildman–Crippen MR) is 53.2 cm³/mol. The SMILES string of the molecule is CCCCCC(=O)O.O=C1NCCN1. The summed E-state index contributed by atoms with van der Waals surface area (Å²) in [6.07, 6.45) is 3.28. The van der Waals surface area contributed by atoms with Gasteiger partial charge in [-0.25, -0.2) is 4.79 Å². The quantitative estimate of drug-likeness (QED) is 0.594. The van der Waals surface area contributed by atoms with Crippen molar-refractivity contribution in [1.29, 1.82) is 0 Å². The minimum atomic E-state index is -0.682. The van der Waals surface area contributed by atoms with Crippen LogP contribution in [-0.2, 0) is 4.79 Å². The lowest BCUT2D eigenvalue weighted by atomic mass is 10.2. The number of hydrogen-bond donors (Lipinski definition) is 3. The van der Waals surface area contributed by atoms with Crippen molar-refractivity contribution in [2.24, 2.45) is 0 Å². The molecule has 0 spiro atoms. The minimum absolute atomic E-state index is 0.0463. The molecule has 0 aromatic rings. The van der Waals surface area contributed by atoms with Gasteiger partial charge in [-0.1, -0.05) is 19.8 Å². The highest BCUT2D eigenvalue weighted by Gasteiger charge is 2.03. The molecule has 0 atom stereocenters. The van der Waals surface area contributed by atoms with Crippen LogP contribution in [0.25, 0.3) is 0 Å². The van der Waals surface area contributed by atoms with Gasteiger partial charge in [-0.2, -0.15) is 0 Å². The van der Waals surface area contributed by atoms with Crippen LogP contribution in [0.5, 0.6) is 0 Å². The zero-order chi connectivity index (χ0) is 10.8. The molecule has 1 fully saturated rings. The summed E-state index contributed by atoms with van der Waals surface area (Å²) in [6.45, 7) is 3.61. The molecule has 5 nitrogen and oxygen atoms in total. The third-order valence-corrected chi connectivity index (χ3v) is 1.69. The second kappa shape index (κ2) is 8.34. The lowest BCUT2D eigenvalue weighted by Crippen LogP contribution is -2.20. The van der Waals surface area contributed by atoms with Crippen molar-refractivity contribution < 1.29 is 14.7 Å². The van der Waals surface area contributed by atoms with E-state index in [0.29, 0.717) is 6.42 Å². The van der Waals surface area contributed by atoms with Gasteiger partial charge >= 0.3 is 12.0 Å². The Morgan fingerprint density at radius 3 is 2.21 bits per heavy atom. The molecule has 0 aliphatic carbocycles. The molecule has 0 saturated carbocycles. The number of amides is 2. The van der Waals surface area contributed by atoms with E-state index >= 15 is 0 Å². The predicted octanol–water partition coefficient (Wildman–Crippen LogP) is 0.950. The molecule has 0 aromatic heterocycles. The molecule has 1 saturated heterocycles. The Hall–Kier alpha value is -1.26. The highest BCUT2D eigenvalue weighted by Crippen LogP contribution is 1.97. The highest BCUT2D eigenvalue weighted by molar-refractivity contribution is 5.75. The van der Waals surface area contributed by atoms with Crippen molar-refractivity contribution in [2.75, 3.05) is 13.1 Å². The van der Waals surface area contributed by atoms with E-state index in [1.54, 1.807) is 0 Å². The third-order valence-electron chi connectivity index (χ3n) is 1.69. The van der Waals surface area contributed by atoms with Gasteiger partial charge in [-0.05, 0) is 6.42 Å². The van der Waals surface area contributed by atoms with E-state index in [2.05, 4.69) is 17.6 Å². The lowest BCUT2D eigenvalue weighted by Gasteiger charge is -1.89. The molecule has 3 N–H and O–H groups in total. The number of carbonyl (C=O) groups is 2. The largest absolute Gasteiger partial charge is 0.481 e. The lowest BCUT2D eigenvalue weighted by molar-refractivity contribution is -0.137. The maximum atomic E-state index is 10.0. The summed E-state index contributed by atoms with van der Waals surface area (Å²) in [4.78, 5) is 19.9. The van der Waals surface area contributed by atoms with Gasteiger partial charge in [-0.3, -0.25) is 4.79 Å². The van der Waals surface area contributed by atoms with E-state index in [9.17, 15) is 9.59 Å². The molecule has 1 aliphatic rings. The summed E-state index contributed by atoms with van der Waals surface area (Å²) in [5, 5.41) is 13.3. The van der Waals surface area contributed by atoms with Crippen LogP contribution in [0.15, 0.2) is 0 Å². The number of aliphatic carboxylic acids is 1. The Balaban J connectivity index is 0.000000249. The van der Waals surface area contributed by atoms with Crippen LogP contribution in [0.3, 0.4) is 0 Å². The third kappa shape index (κ3) is 8.83. The standard InChI is InChI=1S/C6H12O2.C3H6N2O/c1-2-3-4-5-6(7)8;6-3-4-1-2-5-3/h2-5H2,1H3,(H,7,8);1-2H2,(H2,4,5,6). The van der Waals surface area contributed by atoms with E-state index in [1.807, 2.05) is 0 Å². The molecule has 1 aliphatic heterocycles. The monoisotopic (exact) mass is 202 g/mol. The van der Waals surface area contributed by atoms with E-state index in [-0.39, 0.29) is 6.03 Å². The van der Waals surface area contributed by atoms with Crippen molar-refractivity contribution in [3.05, 3.63) is 0 Å². The summed E-state index contributed by atoms with van der Waals surface area (Å²) in [7, 11) is 0. The summed E-state index contributed by atoms with van der Waals surface area (Å²) < 4.78 is 0. The van der Waals surface area contributed by atoms with Crippen molar-refractivity contribution >= 4 is 12.0 Å². The number of urea groups is 1. The van der Waals surface area contributed by atoms with Gasteiger partial charge in [0.1, 0.15) is 0 Å². The van der Waals surface area contributed by atoms with Crippen LogP contribution in [0, 0.1) is 0 Å². The average molecular weight is 202 g/mol. The molecule has 1 heterocycles. The highest BCUT2D eigenvalue weighted by atomic mass is 16.4. The number of unbranched alkanes of at least 4 members (excludes halogenated alkanes) is 2. The molecule has 1 rings (SSSR count). The van der Waals surface area contributed by atoms with Gasteiger partial charge in [0.15, 0.2) is 0 Å². The number of nitrogens with one attached hydrogen (secondary N) is 2. The van der Waals surface area contributed by atoms with Crippen LogP contribution in [0.2, 0.25) is 0 Å². The van der Waals surface area contributed by atoms with Crippen LogP contribution >= 0.6 is 0 Å². The Labute approximate surface area is 83.9 Å². The maximum Gasteiger partial charge on any atom is 0.314 e. The zero-order valence-electron chi connectivity index (χ0n) is 8.51. The van der Waals surface area contributed by atoms with E-state index in [4.69, 9.17) is 5.11 Å².